The smallest absolute Gasteiger partial charge is 0.106 e. The van der Waals surface area contributed by atoms with Crippen molar-refractivity contribution in [1.29, 1.82) is 0 Å². The van der Waals surface area contributed by atoms with Crippen LogP contribution >= 0.6 is 12.2 Å². The molecule has 1 aliphatic heterocycles. The number of para-hydroxylation sites is 1. The Hall–Kier alpha value is -1.09. The van der Waals surface area contributed by atoms with Crippen LogP contribution in [0.4, 0.5) is 5.69 Å². The van der Waals surface area contributed by atoms with Crippen molar-refractivity contribution in [3.8, 4) is 0 Å². The highest BCUT2D eigenvalue weighted by Gasteiger charge is 2.24. The van der Waals surface area contributed by atoms with Crippen LogP contribution in [0.5, 0.6) is 0 Å². The lowest BCUT2D eigenvalue weighted by molar-refractivity contribution is 0.569. The summed E-state index contributed by atoms with van der Waals surface area (Å²) in [7, 11) is 0. The van der Waals surface area contributed by atoms with Gasteiger partial charge in [0, 0.05) is 24.3 Å². The predicted molar refractivity (Wildman–Crippen MR) is 77.7 cm³/mol. The molecule has 2 nitrogen and oxygen atoms in total. The molecule has 2 rings (SSSR count). The summed E-state index contributed by atoms with van der Waals surface area (Å²) in [6.07, 6.45) is 2.53. The van der Waals surface area contributed by atoms with Crippen molar-refractivity contribution >= 4 is 22.9 Å². The molecule has 0 aromatic heterocycles. The monoisotopic (exact) mass is 248 g/mol. The summed E-state index contributed by atoms with van der Waals surface area (Å²) >= 11 is 5.15. The van der Waals surface area contributed by atoms with Crippen LogP contribution in [-0.2, 0) is 0 Å². The number of thiocarbonyl (C=S) groups is 1. The maximum absolute atomic E-state index is 5.82. The maximum Gasteiger partial charge on any atom is 0.106 e. The number of nitrogens with zero attached hydrogens (tertiary/aromatic N) is 1. The maximum atomic E-state index is 5.82. The number of aryl methyl sites for hydroxylation is 1. The van der Waals surface area contributed by atoms with Crippen molar-refractivity contribution in [2.75, 3.05) is 18.0 Å². The predicted octanol–water partition coefficient (Wildman–Crippen LogP) is 2.87. The molecule has 1 atom stereocenters. The Balaban J connectivity index is 2.34. The Morgan fingerprint density at radius 2 is 2.29 bits per heavy atom. The molecule has 1 saturated heterocycles. The Morgan fingerprint density at radius 1 is 1.53 bits per heavy atom. The fraction of sp³-hybridized carbons (Fsp3) is 0.500. The van der Waals surface area contributed by atoms with E-state index < -0.39 is 0 Å². The van der Waals surface area contributed by atoms with Gasteiger partial charge in [-0.1, -0.05) is 37.7 Å². The summed E-state index contributed by atoms with van der Waals surface area (Å²) in [6, 6.07) is 6.20. The minimum atomic E-state index is 0.503. The van der Waals surface area contributed by atoms with Crippen molar-refractivity contribution in [2.24, 2.45) is 11.7 Å². The Labute approximate surface area is 109 Å². The van der Waals surface area contributed by atoms with Crippen LogP contribution in [0.1, 0.15) is 30.9 Å². The van der Waals surface area contributed by atoms with Crippen LogP contribution in [0.3, 0.4) is 0 Å². The zero-order chi connectivity index (χ0) is 12.4. The van der Waals surface area contributed by atoms with E-state index in [1.807, 2.05) is 12.1 Å². The zero-order valence-electron chi connectivity index (χ0n) is 10.6. The molecular formula is C14H20N2S. The van der Waals surface area contributed by atoms with Gasteiger partial charge in [0.2, 0.25) is 0 Å². The second kappa shape index (κ2) is 5.05. The lowest BCUT2D eigenvalue weighted by atomic mass is 10.1. The van der Waals surface area contributed by atoms with Crippen molar-refractivity contribution in [1.82, 2.24) is 0 Å². The average molecular weight is 248 g/mol. The van der Waals surface area contributed by atoms with Crippen molar-refractivity contribution in [2.45, 2.75) is 26.7 Å². The lowest BCUT2D eigenvalue weighted by Gasteiger charge is -2.24. The standard InChI is InChI=1S/C14H20N2S/c1-3-11-7-8-16(9-11)13-10(2)5-4-6-12(13)14(15)17/h4-6,11H,3,7-9H2,1-2H3,(H2,15,17). The molecule has 0 amide bonds. The van der Waals surface area contributed by atoms with Crippen LogP contribution in [0.25, 0.3) is 0 Å². The van der Waals surface area contributed by atoms with Gasteiger partial charge in [-0.25, -0.2) is 0 Å². The quantitative estimate of drug-likeness (QED) is 0.834. The van der Waals surface area contributed by atoms with Crippen LogP contribution < -0.4 is 10.6 Å². The van der Waals surface area contributed by atoms with Crippen molar-refractivity contribution < 1.29 is 0 Å². The Bertz CT molecular complexity index is 428. The first-order valence-corrected chi connectivity index (χ1v) is 6.68. The van der Waals surface area contributed by atoms with Crippen molar-refractivity contribution in [3.63, 3.8) is 0 Å². The van der Waals surface area contributed by atoms with Gasteiger partial charge in [-0.3, -0.25) is 0 Å². The summed E-state index contributed by atoms with van der Waals surface area (Å²) in [4.78, 5) is 2.95. The molecule has 1 heterocycles. The number of anilines is 1. The van der Waals surface area contributed by atoms with Gasteiger partial charge < -0.3 is 10.6 Å². The molecule has 2 N–H and O–H groups in total. The minimum Gasteiger partial charge on any atom is -0.389 e. The minimum absolute atomic E-state index is 0.503. The molecule has 0 saturated carbocycles. The van der Waals surface area contributed by atoms with Crippen LogP contribution in [-0.4, -0.2) is 18.1 Å². The zero-order valence-corrected chi connectivity index (χ0v) is 11.4. The summed E-state index contributed by atoms with van der Waals surface area (Å²) in [5, 5.41) is 0. The third-order valence-corrected chi connectivity index (χ3v) is 3.90. The molecule has 1 aromatic carbocycles. The molecule has 1 aromatic rings. The topological polar surface area (TPSA) is 29.3 Å². The van der Waals surface area contributed by atoms with E-state index in [1.165, 1.54) is 24.1 Å². The van der Waals surface area contributed by atoms with Crippen LogP contribution in [0, 0.1) is 12.8 Å². The second-order valence-electron chi connectivity index (χ2n) is 4.84. The fourth-order valence-electron chi connectivity index (χ4n) is 2.65. The first-order chi connectivity index (χ1) is 8.13. The Morgan fingerprint density at radius 3 is 2.88 bits per heavy atom. The van der Waals surface area contributed by atoms with Gasteiger partial charge in [-0.15, -0.1) is 0 Å². The van der Waals surface area contributed by atoms with E-state index in [4.69, 9.17) is 18.0 Å². The average Bonchev–Trinajstić information content (AvgIpc) is 2.76. The summed E-state index contributed by atoms with van der Waals surface area (Å²) in [6.45, 7) is 6.66. The number of hydrogen-bond donors (Lipinski definition) is 1. The van der Waals surface area contributed by atoms with Gasteiger partial charge in [0.15, 0.2) is 0 Å². The summed E-state index contributed by atoms with van der Waals surface area (Å²) in [5.41, 5.74) is 9.36. The highest BCUT2D eigenvalue weighted by Crippen LogP contribution is 2.31. The molecule has 17 heavy (non-hydrogen) atoms. The largest absolute Gasteiger partial charge is 0.389 e. The van der Waals surface area contributed by atoms with E-state index in [0.29, 0.717) is 4.99 Å². The number of rotatable bonds is 3. The molecule has 1 fully saturated rings. The highest BCUT2D eigenvalue weighted by molar-refractivity contribution is 7.80. The lowest BCUT2D eigenvalue weighted by Crippen LogP contribution is -2.24. The van der Waals surface area contributed by atoms with Gasteiger partial charge in [0.05, 0.1) is 0 Å². The van der Waals surface area contributed by atoms with Crippen LogP contribution in [0.2, 0.25) is 0 Å². The fourth-order valence-corrected chi connectivity index (χ4v) is 2.81. The SMILES string of the molecule is CCC1CCN(c2c(C)cccc2C(N)=S)C1. The number of nitrogens with two attached hydrogens (primary N) is 1. The number of hydrogen-bond acceptors (Lipinski definition) is 2. The van der Waals surface area contributed by atoms with E-state index in [2.05, 4.69) is 24.8 Å². The first-order valence-electron chi connectivity index (χ1n) is 6.27. The summed E-state index contributed by atoms with van der Waals surface area (Å²) < 4.78 is 0. The van der Waals surface area contributed by atoms with E-state index in [0.717, 1.165) is 24.6 Å². The highest BCUT2D eigenvalue weighted by atomic mass is 32.1. The molecule has 0 bridgehead atoms. The van der Waals surface area contributed by atoms with Gasteiger partial charge in [0.25, 0.3) is 0 Å². The first kappa shape index (κ1) is 12.4. The molecule has 0 spiro atoms. The molecule has 0 radical (unpaired) electrons. The van der Waals surface area contributed by atoms with E-state index in [1.54, 1.807) is 0 Å². The van der Waals surface area contributed by atoms with Gasteiger partial charge in [-0.2, -0.15) is 0 Å². The number of benzene rings is 1. The van der Waals surface area contributed by atoms with Crippen LogP contribution in [0.15, 0.2) is 18.2 Å². The third-order valence-electron chi connectivity index (χ3n) is 3.68. The summed E-state index contributed by atoms with van der Waals surface area (Å²) in [5.74, 6) is 0.814. The van der Waals surface area contributed by atoms with Crippen molar-refractivity contribution in [3.05, 3.63) is 29.3 Å². The van der Waals surface area contributed by atoms with E-state index >= 15 is 0 Å². The van der Waals surface area contributed by atoms with Gasteiger partial charge in [-0.05, 0) is 30.9 Å². The molecule has 1 aliphatic rings. The normalized spacial score (nSPS) is 19.6. The Kier molecular flexibility index (Phi) is 3.67. The van der Waals surface area contributed by atoms with Gasteiger partial charge in [0.1, 0.15) is 4.99 Å². The second-order valence-corrected chi connectivity index (χ2v) is 5.28. The van der Waals surface area contributed by atoms with E-state index in [9.17, 15) is 0 Å². The molecule has 0 aliphatic carbocycles. The van der Waals surface area contributed by atoms with Gasteiger partial charge >= 0.3 is 0 Å². The molecule has 92 valence electrons. The molecule has 1 unspecified atom stereocenters. The molecular weight excluding hydrogens is 228 g/mol. The molecule has 3 heteroatoms. The van der Waals surface area contributed by atoms with E-state index in [-0.39, 0.29) is 0 Å². The third kappa shape index (κ3) is 2.44.